The molecule has 128 valence electrons. The van der Waals surface area contributed by atoms with Crippen LogP contribution >= 0.6 is 0 Å². The van der Waals surface area contributed by atoms with E-state index in [2.05, 4.69) is 29.7 Å². The SMILES string of the molecule is CCc1ccc(C(C)NC(=O)/C(C#N)=C\NCC2CCCO2)cc1. The van der Waals surface area contributed by atoms with Gasteiger partial charge in [-0.25, -0.2) is 0 Å². The first-order chi connectivity index (χ1) is 11.6. The fraction of sp³-hybridized carbons (Fsp3) is 0.474. The molecule has 0 spiro atoms. The molecule has 2 rings (SSSR count). The van der Waals surface area contributed by atoms with Crippen molar-refractivity contribution in [3.63, 3.8) is 0 Å². The number of amides is 1. The number of rotatable bonds is 7. The first-order valence-electron chi connectivity index (χ1n) is 8.49. The van der Waals surface area contributed by atoms with Gasteiger partial charge in [0.1, 0.15) is 11.6 Å². The van der Waals surface area contributed by atoms with Crippen molar-refractivity contribution in [2.45, 2.75) is 45.3 Å². The topological polar surface area (TPSA) is 74.2 Å². The highest BCUT2D eigenvalue weighted by atomic mass is 16.5. The van der Waals surface area contributed by atoms with Gasteiger partial charge in [0.25, 0.3) is 5.91 Å². The molecule has 5 heteroatoms. The lowest BCUT2D eigenvalue weighted by atomic mass is 10.0. The fourth-order valence-electron chi connectivity index (χ4n) is 2.65. The number of carbonyl (C=O) groups excluding carboxylic acids is 1. The second-order valence-corrected chi connectivity index (χ2v) is 6.00. The molecule has 1 fully saturated rings. The molecule has 2 atom stereocenters. The highest BCUT2D eigenvalue weighted by molar-refractivity contribution is 5.97. The van der Waals surface area contributed by atoms with E-state index in [4.69, 9.17) is 4.74 Å². The second kappa shape index (κ2) is 9.09. The minimum Gasteiger partial charge on any atom is -0.387 e. The highest BCUT2D eigenvalue weighted by Crippen LogP contribution is 2.14. The molecule has 24 heavy (non-hydrogen) atoms. The molecule has 1 amide bonds. The van der Waals surface area contributed by atoms with Crippen molar-refractivity contribution < 1.29 is 9.53 Å². The quantitative estimate of drug-likeness (QED) is 0.596. The van der Waals surface area contributed by atoms with Gasteiger partial charge in [0.15, 0.2) is 0 Å². The number of nitriles is 1. The van der Waals surface area contributed by atoms with Gasteiger partial charge in [0.2, 0.25) is 0 Å². The maximum absolute atomic E-state index is 12.2. The van der Waals surface area contributed by atoms with Gasteiger partial charge in [-0.1, -0.05) is 31.2 Å². The minimum atomic E-state index is -0.371. The number of hydrogen-bond acceptors (Lipinski definition) is 4. The van der Waals surface area contributed by atoms with E-state index in [1.54, 1.807) is 0 Å². The summed E-state index contributed by atoms with van der Waals surface area (Å²) in [6.45, 7) is 5.42. The molecule has 0 aliphatic carbocycles. The van der Waals surface area contributed by atoms with Crippen molar-refractivity contribution in [3.05, 3.63) is 47.2 Å². The van der Waals surface area contributed by atoms with Gasteiger partial charge in [-0.2, -0.15) is 5.26 Å². The highest BCUT2D eigenvalue weighted by Gasteiger charge is 2.16. The van der Waals surface area contributed by atoms with Crippen LogP contribution in [0.4, 0.5) is 0 Å². The van der Waals surface area contributed by atoms with Crippen LogP contribution in [0.25, 0.3) is 0 Å². The third-order valence-corrected chi connectivity index (χ3v) is 4.22. The summed E-state index contributed by atoms with van der Waals surface area (Å²) in [7, 11) is 0. The van der Waals surface area contributed by atoms with E-state index in [1.807, 2.05) is 25.1 Å². The van der Waals surface area contributed by atoms with Crippen LogP contribution in [0.1, 0.15) is 43.9 Å². The molecule has 0 saturated carbocycles. The molecule has 1 aliphatic heterocycles. The fourth-order valence-corrected chi connectivity index (χ4v) is 2.65. The van der Waals surface area contributed by atoms with Gasteiger partial charge in [-0.3, -0.25) is 4.79 Å². The lowest BCUT2D eigenvalue weighted by molar-refractivity contribution is -0.117. The third-order valence-electron chi connectivity index (χ3n) is 4.22. The van der Waals surface area contributed by atoms with E-state index < -0.39 is 0 Å². The maximum atomic E-state index is 12.2. The first-order valence-corrected chi connectivity index (χ1v) is 8.49. The van der Waals surface area contributed by atoms with Crippen molar-refractivity contribution >= 4 is 5.91 Å². The van der Waals surface area contributed by atoms with Crippen molar-refractivity contribution in [3.8, 4) is 6.07 Å². The van der Waals surface area contributed by atoms with Crippen LogP contribution in [0.15, 0.2) is 36.0 Å². The van der Waals surface area contributed by atoms with Gasteiger partial charge in [-0.15, -0.1) is 0 Å². The summed E-state index contributed by atoms with van der Waals surface area (Å²) < 4.78 is 5.49. The minimum absolute atomic E-state index is 0.0741. The maximum Gasteiger partial charge on any atom is 0.263 e. The van der Waals surface area contributed by atoms with Crippen molar-refractivity contribution in [2.24, 2.45) is 0 Å². The summed E-state index contributed by atoms with van der Waals surface area (Å²) in [5.74, 6) is -0.371. The smallest absolute Gasteiger partial charge is 0.263 e. The number of ether oxygens (including phenoxy) is 1. The molecule has 1 aromatic carbocycles. The van der Waals surface area contributed by atoms with Crippen LogP contribution in [0, 0.1) is 11.3 Å². The Morgan fingerprint density at radius 2 is 2.21 bits per heavy atom. The molecule has 1 heterocycles. The average molecular weight is 327 g/mol. The Bertz CT molecular complexity index is 610. The summed E-state index contributed by atoms with van der Waals surface area (Å²) in [5, 5.41) is 15.1. The van der Waals surface area contributed by atoms with Crippen LogP contribution in [-0.2, 0) is 16.0 Å². The molecule has 1 aliphatic rings. The summed E-state index contributed by atoms with van der Waals surface area (Å²) in [6.07, 6.45) is 4.71. The Kier molecular flexibility index (Phi) is 6.83. The normalized spacial score (nSPS) is 18.7. The number of aryl methyl sites for hydroxylation is 1. The molecule has 5 nitrogen and oxygen atoms in total. The van der Waals surface area contributed by atoms with Gasteiger partial charge in [-0.05, 0) is 37.3 Å². The Balaban J connectivity index is 1.88. The lowest BCUT2D eigenvalue weighted by Gasteiger charge is -2.15. The summed E-state index contributed by atoms with van der Waals surface area (Å²) >= 11 is 0. The first kappa shape index (κ1) is 18.0. The summed E-state index contributed by atoms with van der Waals surface area (Å²) in [6, 6.07) is 9.93. The van der Waals surface area contributed by atoms with Gasteiger partial charge in [0.05, 0.1) is 12.1 Å². The molecule has 2 N–H and O–H groups in total. The predicted octanol–water partition coefficient (Wildman–Crippen LogP) is 2.60. The summed E-state index contributed by atoms with van der Waals surface area (Å²) in [4.78, 5) is 12.2. The Morgan fingerprint density at radius 3 is 2.79 bits per heavy atom. The van der Waals surface area contributed by atoms with Crippen LogP contribution in [0.3, 0.4) is 0 Å². The van der Waals surface area contributed by atoms with E-state index in [0.29, 0.717) is 6.54 Å². The Hall–Kier alpha value is -2.32. The van der Waals surface area contributed by atoms with Gasteiger partial charge >= 0.3 is 0 Å². The van der Waals surface area contributed by atoms with E-state index in [1.165, 1.54) is 11.8 Å². The zero-order chi connectivity index (χ0) is 17.4. The molecule has 0 radical (unpaired) electrons. The van der Waals surface area contributed by atoms with Gasteiger partial charge in [0, 0.05) is 19.4 Å². The molecule has 2 unspecified atom stereocenters. The summed E-state index contributed by atoms with van der Waals surface area (Å²) in [5.41, 5.74) is 2.35. The Morgan fingerprint density at radius 1 is 1.46 bits per heavy atom. The largest absolute Gasteiger partial charge is 0.387 e. The van der Waals surface area contributed by atoms with Gasteiger partial charge < -0.3 is 15.4 Å². The number of nitrogens with zero attached hydrogens (tertiary/aromatic N) is 1. The number of nitrogens with one attached hydrogen (secondary N) is 2. The number of benzene rings is 1. The van der Waals surface area contributed by atoms with Crippen LogP contribution in [0.5, 0.6) is 0 Å². The third kappa shape index (κ3) is 5.10. The van der Waals surface area contributed by atoms with Crippen molar-refractivity contribution in [1.29, 1.82) is 5.26 Å². The monoisotopic (exact) mass is 327 g/mol. The molecule has 0 aromatic heterocycles. The van der Waals surface area contributed by atoms with Crippen molar-refractivity contribution in [2.75, 3.05) is 13.2 Å². The standard InChI is InChI=1S/C19H25N3O2/c1-3-15-6-8-16(9-7-15)14(2)22-19(23)17(11-20)12-21-13-18-5-4-10-24-18/h6-9,12,14,18,21H,3-5,10,13H2,1-2H3,(H,22,23)/b17-12-. The number of hydrogen-bond donors (Lipinski definition) is 2. The van der Waals surface area contributed by atoms with Crippen LogP contribution < -0.4 is 10.6 Å². The van der Waals surface area contributed by atoms with Crippen LogP contribution in [-0.4, -0.2) is 25.2 Å². The molecule has 0 bridgehead atoms. The molecule has 1 aromatic rings. The van der Waals surface area contributed by atoms with E-state index in [-0.39, 0.29) is 23.6 Å². The zero-order valence-electron chi connectivity index (χ0n) is 14.3. The Labute approximate surface area is 143 Å². The van der Waals surface area contributed by atoms with Crippen molar-refractivity contribution in [1.82, 2.24) is 10.6 Å². The zero-order valence-corrected chi connectivity index (χ0v) is 14.3. The molecule has 1 saturated heterocycles. The predicted molar refractivity (Wildman–Crippen MR) is 93.1 cm³/mol. The van der Waals surface area contributed by atoms with E-state index >= 15 is 0 Å². The second-order valence-electron chi connectivity index (χ2n) is 6.00. The molecular formula is C19H25N3O2. The molecular weight excluding hydrogens is 302 g/mol. The van der Waals surface area contributed by atoms with E-state index in [9.17, 15) is 10.1 Å². The van der Waals surface area contributed by atoms with Crippen LogP contribution in [0.2, 0.25) is 0 Å². The average Bonchev–Trinajstić information content (AvgIpc) is 3.12. The lowest BCUT2D eigenvalue weighted by Crippen LogP contribution is -2.29. The van der Waals surface area contributed by atoms with E-state index in [0.717, 1.165) is 31.4 Å². The number of carbonyl (C=O) groups is 1.